The van der Waals surface area contributed by atoms with Gasteiger partial charge in [-0.3, -0.25) is 0 Å². The Morgan fingerprint density at radius 2 is 1.14 bits per heavy atom. The summed E-state index contributed by atoms with van der Waals surface area (Å²) in [5.41, 5.74) is 8.46. The lowest BCUT2D eigenvalue weighted by Crippen LogP contribution is -2.68. The van der Waals surface area contributed by atoms with Gasteiger partial charge in [0.2, 0.25) is 0 Å². The minimum absolute atomic E-state index is 0.748. The molecule has 0 aliphatic rings. The Morgan fingerprint density at radius 3 is 1.56 bits per heavy atom. The highest BCUT2D eigenvalue weighted by Gasteiger charge is 2.23. The molecule has 0 amide bonds. The van der Waals surface area contributed by atoms with Crippen LogP contribution in [0.25, 0.3) is 44.0 Å². The van der Waals surface area contributed by atoms with E-state index in [1.807, 2.05) is 12.1 Å². The van der Waals surface area contributed by atoms with Gasteiger partial charge < -0.3 is 0 Å². The number of benzene rings is 4. The Bertz CT molecular complexity index is 1370. The molecule has 1 aromatic heterocycles. The van der Waals surface area contributed by atoms with E-state index in [1.54, 1.807) is 11.3 Å². The van der Waals surface area contributed by atoms with E-state index in [2.05, 4.69) is 108 Å². The van der Waals surface area contributed by atoms with Crippen LogP contribution < -0.4 is 23.2 Å². The largest absolute Gasteiger partial charge is 0.270 e. The van der Waals surface area contributed by atoms with Gasteiger partial charge in [0.25, 0.3) is 5.01 Å². The van der Waals surface area contributed by atoms with E-state index in [-0.39, 0.29) is 0 Å². The molecule has 0 saturated carbocycles. The molecule has 36 heavy (non-hydrogen) atoms. The highest BCUT2D eigenvalue weighted by atomic mass is 35.7. The van der Waals surface area contributed by atoms with Crippen LogP contribution in [0.4, 0.5) is 0 Å². The molecule has 5 nitrogen and oxygen atoms in total. The van der Waals surface area contributed by atoms with Gasteiger partial charge in [-0.1, -0.05) is 95.7 Å². The molecule has 0 saturated heterocycles. The van der Waals surface area contributed by atoms with Crippen molar-refractivity contribution in [2.24, 2.45) is 7.05 Å². The number of hydrogen-bond acceptors (Lipinski definition) is 5. The van der Waals surface area contributed by atoms with E-state index in [0.717, 1.165) is 10.6 Å². The molecule has 0 spiro atoms. The molecule has 8 heteroatoms. The maximum Gasteiger partial charge on any atom is 0.270 e. The Kier molecular flexibility index (Phi) is 8.18. The van der Waals surface area contributed by atoms with Gasteiger partial charge in [-0.05, 0) is 57.6 Å². The van der Waals surface area contributed by atoms with Crippen molar-refractivity contribution in [3.05, 3.63) is 114 Å². The molecule has 5 aromatic rings. The molecule has 0 radical (unpaired) electrons. The average molecular weight is 538 g/mol. The Balaban J connectivity index is 0.000000556. The van der Waals surface area contributed by atoms with Gasteiger partial charge in [-0.15, -0.1) is 10.2 Å². The normalized spacial score (nSPS) is 11.1. The van der Waals surface area contributed by atoms with Gasteiger partial charge in [-0.2, -0.15) is 4.57 Å². The maximum atomic E-state index is 8.49. The first-order valence-electron chi connectivity index (χ1n) is 10.8. The van der Waals surface area contributed by atoms with E-state index in [1.165, 1.54) is 38.4 Å². The van der Waals surface area contributed by atoms with Gasteiger partial charge in [-0.25, -0.2) is 18.6 Å². The summed E-state index contributed by atoms with van der Waals surface area (Å²) in [5.74, 6) is 0. The minimum atomic E-state index is -4.94. The molecule has 0 N–H and O–H groups in total. The molecule has 5 rings (SSSR count). The molecule has 0 unspecified atom stereocenters. The van der Waals surface area contributed by atoms with Crippen LogP contribution in [0, 0.1) is 10.2 Å². The smallest absolute Gasteiger partial charge is 0.222 e. The summed E-state index contributed by atoms with van der Waals surface area (Å²) < 4.78 is 36.2. The molecular formula is C28H21Cl2NO4S. The second-order valence-electron chi connectivity index (χ2n) is 7.88. The third-order valence-corrected chi connectivity index (χ3v) is 6.71. The quantitative estimate of drug-likeness (QED) is 0.329. The monoisotopic (exact) mass is 537 g/mol. The molecule has 0 fully saturated rings. The lowest BCUT2D eigenvalue weighted by Gasteiger charge is -2.17. The Morgan fingerprint density at radius 1 is 0.667 bits per heavy atom. The van der Waals surface area contributed by atoms with Crippen molar-refractivity contribution in [1.29, 1.82) is 0 Å². The van der Waals surface area contributed by atoms with Crippen molar-refractivity contribution in [2.45, 2.75) is 0 Å². The zero-order chi connectivity index (χ0) is 25.7. The van der Waals surface area contributed by atoms with Gasteiger partial charge in [0, 0.05) is 5.02 Å². The van der Waals surface area contributed by atoms with Crippen molar-refractivity contribution >= 4 is 22.9 Å². The van der Waals surface area contributed by atoms with E-state index in [4.69, 9.17) is 30.2 Å². The van der Waals surface area contributed by atoms with Crippen LogP contribution in [0.3, 0.4) is 0 Å². The van der Waals surface area contributed by atoms with Gasteiger partial charge >= 0.3 is 0 Å². The second kappa shape index (κ2) is 11.3. The SMILES string of the molecule is C[n+]1ccsc1-c1c(-c2ccccc2)cc(-c2ccc(Cl)cc2)cc1-c1ccccc1.[O-][Cl+3]([O-])([O-])[O-]. The number of aryl methyl sites for hydroxylation is 1. The van der Waals surface area contributed by atoms with Crippen molar-refractivity contribution in [3.8, 4) is 44.0 Å². The fourth-order valence-electron chi connectivity index (χ4n) is 3.94. The molecule has 0 aliphatic carbocycles. The summed E-state index contributed by atoms with van der Waals surface area (Å²) in [6.45, 7) is 0. The average Bonchev–Trinajstić information content (AvgIpc) is 3.29. The highest BCUT2D eigenvalue weighted by molar-refractivity contribution is 7.12. The first-order valence-corrected chi connectivity index (χ1v) is 13.3. The van der Waals surface area contributed by atoms with Crippen LogP contribution in [-0.2, 0) is 7.05 Å². The second-order valence-corrected chi connectivity index (χ2v) is 9.97. The summed E-state index contributed by atoms with van der Waals surface area (Å²) in [5, 5.41) is 4.13. The lowest BCUT2D eigenvalue weighted by molar-refractivity contribution is -2.00. The molecule has 4 aromatic carbocycles. The molecule has 0 bridgehead atoms. The van der Waals surface area contributed by atoms with Crippen LogP contribution >= 0.6 is 22.9 Å². The molecule has 182 valence electrons. The van der Waals surface area contributed by atoms with Crippen LogP contribution in [0.1, 0.15) is 0 Å². The van der Waals surface area contributed by atoms with Gasteiger partial charge in [0.1, 0.15) is 7.05 Å². The third kappa shape index (κ3) is 6.57. The summed E-state index contributed by atoms with van der Waals surface area (Å²) in [6.07, 6.45) is 2.12. The molecule has 0 aliphatic heterocycles. The predicted molar refractivity (Wildman–Crippen MR) is 132 cm³/mol. The first kappa shape index (κ1) is 26.0. The highest BCUT2D eigenvalue weighted by Crippen LogP contribution is 2.43. The van der Waals surface area contributed by atoms with Crippen molar-refractivity contribution in [1.82, 2.24) is 0 Å². The zero-order valence-electron chi connectivity index (χ0n) is 19.1. The predicted octanol–water partition coefficient (Wildman–Crippen LogP) is 3.14. The molecule has 1 heterocycles. The van der Waals surface area contributed by atoms with E-state index >= 15 is 0 Å². The summed E-state index contributed by atoms with van der Waals surface area (Å²) >= 11 is 7.93. The zero-order valence-corrected chi connectivity index (χ0v) is 21.5. The van der Waals surface area contributed by atoms with Crippen LogP contribution in [-0.4, -0.2) is 0 Å². The van der Waals surface area contributed by atoms with Crippen LogP contribution in [0.15, 0.2) is 109 Å². The Hall–Kier alpha value is -3.07. The lowest BCUT2D eigenvalue weighted by atomic mass is 9.88. The van der Waals surface area contributed by atoms with Crippen LogP contribution in [0.2, 0.25) is 5.02 Å². The van der Waals surface area contributed by atoms with Crippen molar-refractivity contribution in [2.75, 3.05) is 0 Å². The number of thiazole rings is 1. The fourth-order valence-corrected chi connectivity index (χ4v) is 5.01. The first-order chi connectivity index (χ1) is 17.2. The number of rotatable bonds is 4. The number of halogens is 2. The summed E-state index contributed by atoms with van der Waals surface area (Å²) in [4.78, 5) is 0. The van der Waals surface area contributed by atoms with E-state index < -0.39 is 10.2 Å². The topological polar surface area (TPSA) is 96.1 Å². The number of hydrogen-bond donors (Lipinski definition) is 0. The number of nitrogens with zero attached hydrogens (tertiary/aromatic N) is 1. The fraction of sp³-hybridized carbons (Fsp3) is 0.0357. The van der Waals surface area contributed by atoms with Gasteiger partial charge in [0.15, 0.2) is 6.20 Å². The number of aromatic nitrogens is 1. The third-order valence-electron chi connectivity index (χ3n) is 5.48. The van der Waals surface area contributed by atoms with Gasteiger partial charge in [0.05, 0.1) is 10.9 Å². The summed E-state index contributed by atoms with van der Waals surface area (Å²) in [7, 11) is -2.83. The van der Waals surface area contributed by atoms with Crippen LogP contribution in [0.5, 0.6) is 0 Å². The Labute approximate surface area is 220 Å². The van der Waals surface area contributed by atoms with E-state index in [9.17, 15) is 0 Å². The summed E-state index contributed by atoms with van der Waals surface area (Å²) in [6, 6.07) is 34.0. The standard InChI is InChI=1S/C28H21ClNS.ClHO4/c1-30-16-17-31-28(30)27-25(21-8-4-2-5-9-21)18-23(20-12-14-24(29)15-13-20)19-26(27)22-10-6-3-7-11-22;2-1(3,4)5/h2-19H,1H3;(H,2,3,4,5)/q+1;/p-1. The van der Waals surface area contributed by atoms with E-state index in [0.29, 0.717) is 0 Å². The minimum Gasteiger partial charge on any atom is -0.222 e. The molecular weight excluding hydrogens is 517 g/mol. The van der Waals surface area contributed by atoms with Crippen molar-refractivity contribution in [3.63, 3.8) is 0 Å². The molecule has 0 atom stereocenters. The van der Waals surface area contributed by atoms with Crippen molar-refractivity contribution < 1.29 is 33.4 Å². The maximum absolute atomic E-state index is 8.49.